The van der Waals surface area contributed by atoms with Gasteiger partial charge in [-0.2, -0.15) is 0 Å². The lowest BCUT2D eigenvalue weighted by molar-refractivity contribution is -0.127. The molecule has 5 aromatic rings. The van der Waals surface area contributed by atoms with E-state index in [9.17, 15) is 14.4 Å². The lowest BCUT2D eigenvalue weighted by atomic mass is 9.97. The number of para-hydroxylation sites is 1. The van der Waals surface area contributed by atoms with Gasteiger partial charge in [-0.05, 0) is 66.9 Å². The Morgan fingerprint density at radius 2 is 1.52 bits per heavy atom. The van der Waals surface area contributed by atoms with Gasteiger partial charge in [0.1, 0.15) is 18.1 Å². The number of nitrogens with one attached hydrogen (secondary N) is 1. The molecule has 0 saturated heterocycles. The van der Waals surface area contributed by atoms with Crippen molar-refractivity contribution >= 4 is 34.3 Å². The Hall–Kier alpha value is -5.11. The summed E-state index contributed by atoms with van der Waals surface area (Å²) in [6, 6.07) is 30.3. The summed E-state index contributed by atoms with van der Waals surface area (Å²) >= 11 is 0. The van der Waals surface area contributed by atoms with Crippen LogP contribution in [0.4, 0.5) is 5.69 Å². The third-order valence-corrected chi connectivity index (χ3v) is 6.83. The van der Waals surface area contributed by atoms with Gasteiger partial charge in [-0.15, -0.1) is 5.10 Å². The third kappa shape index (κ3) is 5.66. The number of anilines is 1. The quantitative estimate of drug-likeness (QED) is 0.269. The van der Waals surface area contributed by atoms with Gasteiger partial charge >= 0.3 is 0 Å². The number of aryl methyl sites for hydroxylation is 1. The summed E-state index contributed by atoms with van der Waals surface area (Å²) < 4.78 is 1.53. The van der Waals surface area contributed by atoms with E-state index in [1.54, 1.807) is 24.3 Å². The molecule has 5 rings (SSSR count). The molecule has 0 fully saturated rings. The Bertz CT molecular complexity index is 1660. The number of ketones is 1. The van der Waals surface area contributed by atoms with E-state index in [2.05, 4.69) is 15.6 Å². The standard InChI is InChI=1S/C32H29N5O3/c1-22-10-6-7-13-27(22)31(32(40)33-20-24-11-4-3-5-12-24)37(26-18-16-25(17-19-26)23(2)38)30(39)21-36-29-15-9-8-14-28(29)34-35-36/h3-19,31H,20-21H2,1-2H3,(H,33,40)/t31-/m1/s1. The van der Waals surface area contributed by atoms with Gasteiger partial charge in [0.25, 0.3) is 0 Å². The normalized spacial score (nSPS) is 11.7. The van der Waals surface area contributed by atoms with Crippen LogP contribution in [0.15, 0.2) is 103 Å². The minimum absolute atomic E-state index is 0.0884. The zero-order chi connectivity index (χ0) is 28.1. The number of aromatic nitrogens is 3. The highest BCUT2D eigenvalue weighted by molar-refractivity contribution is 6.02. The number of rotatable bonds is 9. The van der Waals surface area contributed by atoms with Gasteiger partial charge in [-0.1, -0.05) is 71.9 Å². The molecular formula is C32H29N5O3. The van der Waals surface area contributed by atoms with E-state index in [0.29, 0.717) is 34.4 Å². The molecule has 200 valence electrons. The highest BCUT2D eigenvalue weighted by Crippen LogP contribution is 2.31. The first-order valence-electron chi connectivity index (χ1n) is 13.0. The van der Waals surface area contributed by atoms with Crippen LogP contribution in [0.2, 0.25) is 0 Å². The number of amides is 2. The molecule has 0 spiro atoms. The monoisotopic (exact) mass is 531 g/mol. The van der Waals surface area contributed by atoms with Gasteiger partial charge in [0.15, 0.2) is 5.78 Å². The molecule has 2 amide bonds. The van der Waals surface area contributed by atoms with Crippen LogP contribution in [0.25, 0.3) is 11.0 Å². The van der Waals surface area contributed by atoms with Crippen molar-refractivity contribution in [2.75, 3.05) is 4.90 Å². The molecule has 40 heavy (non-hydrogen) atoms. The number of fused-ring (bicyclic) bond motifs is 1. The van der Waals surface area contributed by atoms with Crippen LogP contribution in [-0.2, 0) is 22.7 Å². The molecule has 0 bridgehead atoms. The fourth-order valence-electron chi connectivity index (χ4n) is 4.71. The molecule has 1 atom stereocenters. The molecule has 0 aliphatic heterocycles. The highest BCUT2D eigenvalue weighted by Gasteiger charge is 2.34. The lowest BCUT2D eigenvalue weighted by Gasteiger charge is -2.32. The number of carbonyl (C=O) groups is 3. The van der Waals surface area contributed by atoms with Crippen molar-refractivity contribution in [3.63, 3.8) is 0 Å². The van der Waals surface area contributed by atoms with Gasteiger partial charge < -0.3 is 5.32 Å². The van der Waals surface area contributed by atoms with Crippen molar-refractivity contribution < 1.29 is 14.4 Å². The van der Waals surface area contributed by atoms with Crippen molar-refractivity contribution in [2.24, 2.45) is 0 Å². The average molecular weight is 532 g/mol. The zero-order valence-electron chi connectivity index (χ0n) is 22.3. The Labute approximate surface area is 232 Å². The van der Waals surface area contributed by atoms with Crippen LogP contribution in [0.1, 0.15) is 40.0 Å². The molecule has 0 aliphatic carbocycles. The Morgan fingerprint density at radius 3 is 2.25 bits per heavy atom. The first-order chi connectivity index (χ1) is 19.4. The predicted octanol–water partition coefficient (Wildman–Crippen LogP) is 5.03. The number of Topliss-reactive ketones (excluding diaryl/α,β-unsaturated/α-hetero) is 1. The Kier molecular flexibility index (Phi) is 7.77. The molecule has 1 aromatic heterocycles. The second-order valence-corrected chi connectivity index (χ2v) is 9.57. The molecule has 8 heteroatoms. The molecule has 0 radical (unpaired) electrons. The first kappa shape index (κ1) is 26.5. The van der Waals surface area contributed by atoms with Crippen molar-refractivity contribution in [2.45, 2.75) is 33.0 Å². The van der Waals surface area contributed by atoms with E-state index in [0.717, 1.165) is 11.1 Å². The van der Waals surface area contributed by atoms with Crippen LogP contribution in [0, 0.1) is 6.92 Å². The van der Waals surface area contributed by atoms with Crippen LogP contribution in [0.5, 0.6) is 0 Å². The van der Waals surface area contributed by atoms with E-state index in [1.807, 2.05) is 85.8 Å². The summed E-state index contributed by atoms with van der Waals surface area (Å²) in [6.45, 7) is 3.57. The van der Waals surface area contributed by atoms with E-state index in [1.165, 1.54) is 16.5 Å². The lowest BCUT2D eigenvalue weighted by Crippen LogP contribution is -2.45. The van der Waals surface area contributed by atoms with Gasteiger partial charge in [-0.25, -0.2) is 4.68 Å². The van der Waals surface area contributed by atoms with Crippen LogP contribution in [0.3, 0.4) is 0 Å². The van der Waals surface area contributed by atoms with Crippen molar-refractivity contribution in [1.82, 2.24) is 20.3 Å². The van der Waals surface area contributed by atoms with Gasteiger partial charge in [0.05, 0.1) is 5.52 Å². The zero-order valence-corrected chi connectivity index (χ0v) is 22.3. The van der Waals surface area contributed by atoms with Gasteiger partial charge in [0.2, 0.25) is 11.8 Å². The van der Waals surface area contributed by atoms with Crippen molar-refractivity contribution in [3.05, 3.63) is 125 Å². The molecule has 4 aromatic carbocycles. The average Bonchev–Trinajstić information content (AvgIpc) is 3.38. The first-order valence-corrected chi connectivity index (χ1v) is 13.0. The van der Waals surface area contributed by atoms with E-state index < -0.39 is 6.04 Å². The van der Waals surface area contributed by atoms with Crippen molar-refractivity contribution in [3.8, 4) is 0 Å². The Balaban J connectivity index is 1.58. The smallest absolute Gasteiger partial charge is 0.249 e. The van der Waals surface area contributed by atoms with E-state index in [-0.39, 0.29) is 24.1 Å². The number of hydrogen-bond donors (Lipinski definition) is 1. The maximum Gasteiger partial charge on any atom is 0.249 e. The van der Waals surface area contributed by atoms with Crippen LogP contribution < -0.4 is 10.2 Å². The van der Waals surface area contributed by atoms with Crippen LogP contribution >= 0.6 is 0 Å². The second kappa shape index (κ2) is 11.7. The summed E-state index contributed by atoms with van der Waals surface area (Å²) in [5, 5.41) is 11.4. The molecule has 0 saturated carbocycles. The van der Waals surface area contributed by atoms with Crippen molar-refractivity contribution in [1.29, 1.82) is 0 Å². The maximum atomic E-state index is 14.2. The van der Waals surface area contributed by atoms with E-state index >= 15 is 0 Å². The molecule has 1 heterocycles. The fourth-order valence-corrected chi connectivity index (χ4v) is 4.71. The molecular weight excluding hydrogens is 502 g/mol. The summed E-state index contributed by atoms with van der Waals surface area (Å²) in [7, 11) is 0. The summed E-state index contributed by atoms with van der Waals surface area (Å²) in [5.74, 6) is -0.769. The second-order valence-electron chi connectivity index (χ2n) is 9.57. The third-order valence-electron chi connectivity index (χ3n) is 6.83. The summed E-state index contributed by atoms with van der Waals surface area (Å²) in [5.41, 5.74) is 4.89. The Morgan fingerprint density at radius 1 is 0.850 bits per heavy atom. The maximum absolute atomic E-state index is 14.2. The predicted molar refractivity (Wildman–Crippen MR) is 154 cm³/mol. The number of nitrogens with zero attached hydrogens (tertiary/aromatic N) is 4. The summed E-state index contributed by atoms with van der Waals surface area (Å²) in [4.78, 5) is 41.6. The van der Waals surface area contributed by atoms with Crippen LogP contribution in [-0.4, -0.2) is 32.6 Å². The molecule has 0 aliphatic rings. The number of carbonyl (C=O) groups excluding carboxylic acids is 3. The molecule has 1 N–H and O–H groups in total. The van der Waals surface area contributed by atoms with E-state index in [4.69, 9.17) is 0 Å². The fraction of sp³-hybridized carbons (Fsp3) is 0.156. The molecule has 0 unspecified atom stereocenters. The SMILES string of the molecule is CC(=O)c1ccc(N(C(=O)Cn2nnc3ccccc32)[C@@H](C(=O)NCc2ccccc2)c2ccccc2C)cc1. The number of benzene rings is 4. The topological polar surface area (TPSA) is 97.2 Å². The van der Waals surface area contributed by atoms with Gasteiger partial charge in [-0.3, -0.25) is 19.3 Å². The highest BCUT2D eigenvalue weighted by atomic mass is 16.2. The summed E-state index contributed by atoms with van der Waals surface area (Å²) in [6.07, 6.45) is 0. The van der Waals surface area contributed by atoms with Gasteiger partial charge in [0, 0.05) is 17.8 Å². The minimum atomic E-state index is -0.977. The number of hydrogen-bond acceptors (Lipinski definition) is 5. The largest absolute Gasteiger partial charge is 0.350 e. The minimum Gasteiger partial charge on any atom is -0.350 e. The molecule has 8 nitrogen and oxygen atoms in total.